The van der Waals surface area contributed by atoms with Gasteiger partial charge in [0.05, 0.1) is 26.1 Å². The Morgan fingerprint density at radius 3 is 2.70 bits per heavy atom. The molecule has 3 N–H and O–H groups in total. The molecule has 7 nitrogen and oxygen atoms in total. The van der Waals surface area contributed by atoms with Crippen LogP contribution in [0.5, 0.6) is 5.75 Å². The average Bonchev–Trinajstić information content (AvgIpc) is 2.84. The molecule has 7 heteroatoms. The first-order valence-corrected chi connectivity index (χ1v) is 11.4. The first kappa shape index (κ1) is 28.0. The average molecular weight is 459 g/mol. The van der Waals surface area contributed by atoms with Gasteiger partial charge < -0.3 is 24.8 Å². The molecule has 0 aromatic carbocycles. The Hall–Kier alpha value is -3.03. The summed E-state index contributed by atoms with van der Waals surface area (Å²) in [5.74, 6) is 1.51. The minimum absolute atomic E-state index is 0. The van der Waals surface area contributed by atoms with Crippen molar-refractivity contribution in [1.29, 1.82) is 0 Å². The Labute approximate surface area is 200 Å². The van der Waals surface area contributed by atoms with Gasteiger partial charge in [0.15, 0.2) is 5.72 Å². The largest absolute Gasteiger partial charge is 0.497 e. The van der Waals surface area contributed by atoms with E-state index in [9.17, 15) is 5.11 Å². The zero-order valence-electron chi connectivity index (χ0n) is 20.6. The molecule has 1 aromatic heterocycles. The highest BCUT2D eigenvalue weighted by molar-refractivity contribution is 5.22. The number of hydrogen-bond donors (Lipinski definition) is 3. The summed E-state index contributed by atoms with van der Waals surface area (Å²) in [6, 6.07) is 3.51. The number of ether oxygens (including phenoxy) is 2. The van der Waals surface area contributed by atoms with Crippen LogP contribution in [0.25, 0.3) is 0 Å². The highest BCUT2D eigenvalue weighted by Gasteiger charge is 2.22. The van der Waals surface area contributed by atoms with E-state index in [4.69, 9.17) is 9.47 Å². The lowest BCUT2D eigenvalue weighted by Crippen LogP contribution is -2.39. The second-order valence-electron chi connectivity index (χ2n) is 7.41. The number of pyridine rings is 1. The van der Waals surface area contributed by atoms with Crippen LogP contribution in [0.4, 0.5) is 0 Å². The van der Waals surface area contributed by atoms with E-state index in [2.05, 4.69) is 33.5 Å². The Morgan fingerprint density at radius 2 is 2.12 bits per heavy atom. The molecular weight excluding hydrogens is 416 g/mol. The topological polar surface area (TPSA) is 78.9 Å². The second kappa shape index (κ2) is 16.6. The maximum absolute atomic E-state index is 9.93. The lowest BCUT2D eigenvalue weighted by molar-refractivity contribution is 0.0175. The maximum atomic E-state index is 9.93. The molecule has 2 heterocycles. The smallest absolute Gasteiger partial charge is 0.156 e. The van der Waals surface area contributed by atoms with Crippen molar-refractivity contribution in [1.82, 2.24) is 20.5 Å². The van der Waals surface area contributed by atoms with Gasteiger partial charge in [-0.15, -0.1) is 0 Å². The van der Waals surface area contributed by atoms with Crippen molar-refractivity contribution in [2.24, 2.45) is 0 Å². The summed E-state index contributed by atoms with van der Waals surface area (Å²) in [5, 5.41) is 16.1. The molecule has 0 bridgehead atoms. The Bertz CT molecular complexity index is 803. The zero-order chi connectivity index (χ0) is 24.4. The summed E-state index contributed by atoms with van der Waals surface area (Å²) in [4.78, 5) is 6.21. The molecule has 33 heavy (non-hydrogen) atoms. The van der Waals surface area contributed by atoms with Crippen LogP contribution in [0.15, 0.2) is 79.1 Å². The fourth-order valence-electron chi connectivity index (χ4n) is 2.76. The molecule has 1 aliphatic rings. The number of nitrogens with zero attached hydrogens (tertiary/aromatic N) is 2. The van der Waals surface area contributed by atoms with E-state index < -0.39 is 5.72 Å². The molecule has 1 aromatic rings. The molecule has 0 aliphatic carbocycles. The predicted molar refractivity (Wildman–Crippen MR) is 137 cm³/mol. The Balaban J connectivity index is 0.000000649. The number of hydrogen-bond acceptors (Lipinski definition) is 7. The van der Waals surface area contributed by atoms with Crippen LogP contribution in [-0.4, -0.2) is 48.8 Å². The monoisotopic (exact) mass is 458 g/mol. The summed E-state index contributed by atoms with van der Waals surface area (Å²) in [6.45, 7) is 8.38. The lowest BCUT2D eigenvalue weighted by atomic mass is 10.1. The first-order chi connectivity index (χ1) is 16.0. The third-order valence-electron chi connectivity index (χ3n) is 4.65. The molecule has 0 saturated heterocycles. The minimum atomic E-state index is -1.08. The summed E-state index contributed by atoms with van der Waals surface area (Å²) < 4.78 is 10.3. The van der Waals surface area contributed by atoms with E-state index in [1.165, 1.54) is 12.8 Å². The third-order valence-corrected chi connectivity index (χ3v) is 4.65. The summed E-state index contributed by atoms with van der Waals surface area (Å²) in [7, 11) is 3.26. The van der Waals surface area contributed by atoms with Crippen LogP contribution in [-0.2, 0) is 10.5 Å². The molecule has 0 radical (unpaired) electrons. The summed E-state index contributed by atoms with van der Waals surface area (Å²) >= 11 is 0. The summed E-state index contributed by atoms with van der Waals surface area (Å²) in [6.07, 6.45) is 22.0. The molecule has 1 unspecified atom stereocenters. The van der Waals surface area contributed by atoms with Crippen LogP contribution in [0.2, 0.25) is 0 Å². The fraction of sp³-hybridized carbons (Fsp3) is 0.423. The fourth-order valence-corrected chi connectivity index (χ4v) is 2.76. The van der Waals surface area contributed by atoms with Crippen LogP contribution in [0, 0.1) is 0 Å². The van der Waals surface area contributed by atoms with Gasteiger partial charge in [-0.1, -0.05) is 32.4 Å². The van der Waals surface area contributed by atoms with Crippen molar-refractivity contribution in [3.63, 3.8) is 0 Å². The third kappa shape index (κ3) is 12.0. The molecule has 184 valence electrons. The van der Waals surface area contributed by atoms with Gasteiger partial charge in [0.1, 0.15) is 11.5 Å². The number of unbranched alkanes of at least 4 members (excludes halogenated alkanes) is 1. The Morgan fingerprint density at radius 1 is 1.30 bits per heavy atom. The van der Waals surface area contributed by atoms with Crippen LogP contribution in [0.1, 0.15) is 40.7 Å². The number of aliphatic hydroxyl groups is 1. The normalized spacial score (nSPS) is 15.3. The van der Waals surface area contributed by atoms with Gasteiger partial charge in [-0.2, -0.15) is 0 Å². The van der Waals surface area contributed by atoms with Gasteiger partial charge >= 0.3 is 0 Å². The standard InChI is InChI=1S/C16H24N2O.C10H16N2O2.H2/c1-3-4-11-17-12-10-16(19-2)9-8-15-18-13-6-5-7-14-18;1-4-12-10(2,13)9-6-5-8(14-3)7-11-9;/h5-10,12-13,15,17H,3-4,11,14H2,1-2H3;5-7,12-13H,4H2,1-3H3;1H/b12-10+,15-8+,16-9+;;. The maximum Gasteiger partial charge on any atom is 0.156 e. The zero-order valence-corrected chi connectivity index (χ0v) is 20.6. The minimum Gasteiger partial charge on any atom is -0.497 e. The molecule has 2 rings (SSSR count). The number of rotatable bonds is 12. The quantitative estimate of drug-likeness (QED) is 0.185. The highest BCUT2D eigenvalue weighted by Crippen LogP contribution is 2.17. The van der Waals surface area contributed by atoms with Crippen LogP contribution < -0.4 is 15.4 Å². The van der Waals surface area contributed by atoms with E-state index in [1.54, 1.807) is 39.5 Å². The molecule has 0 saturated carbocycles. The van der Waals surface area contributed by atoms with Crippen molar-refractivity contribution in [2.75, 3.05) is 33.9 Å². The van der Waals surface area contributed by atoms with Crippen LogP contribution >= 0.6 is 0 Å². The van der Waals surface area contributed by atoms with Crippen molar-refractivity contribution in [3.8, 4) is 5.75 Å². The summed E-state index contributed by atoms with van der Waals surface area (Å²) in [5.41, 5.74) is -0.499. The predicted octanol–water partition coefficient (Wildman–Crippen LogP) is 4.43. The van der Waals surface area contributed by atoms with Gasteiger partial charge in [0.25, 0.3) is 0 Å². The van der Waals surface area contributed by atoms with Gasteiger partial charge in [0, 0.05) is 33.1 Å². The van der Waals surface area contributed by atoms with E-state index in [0.717, 1.165) is 18.8 Å². The van der Waals surface area contributed by atoms with Gasteiger partial charge in [-0.3, -0.25) is 10.3 Å². The number of nitrogens with one attached hydrogen (secondary N) is 2. The highest BCUT2D eigenvalue weighted by atomic mass is 16.5. The second-order valence-corrected chi connectivity index (χ2v) is 7.41. The molecule has 0 fully saturated rings. The van der Waals surface area contributed by atoms with Crippen molar-refractivity contribution >= 4 is 0 Å². The van der Waals surface area contributed by atoms with Crippen molar-refractivity contribution < 1.29 is 16.0 Å². The van der Waals surface area contributed by atoms with Gasteiger partial charge in [-0.25, -0.2) is 0 Å². The molecule has 0 spiro atoms. The first-order valence-electron chi connectivity index (χ1n) is 11.4. The molecule has 0 amide bonds. The van der Waals surface area contributed by atoms with Gasteiger partial charge in [-0.05, 0) is 56.3 Å². The van der Waals surface area contributed by atoms with E-state index in [1.807, 2.05) is 55.9 Å². The van der Waals surface area contributed by atoms with Crippen LogP contribution in [0.3, 0.4) is 0 Å². The van der Waals surface area contributed by atoms with E-state index in [0.29, 0.717) is 18.0 Å². The lowest BCUT2D eigenvalue weighted by Gasteiger charge is -2.23. The molecular formula is C26H42N4O3. The van der Waals surface area contributed by atoms with Crippen molar-refractivity contribution in [2.45, 2.75) is 39.3 Å². The Kier molecular flexibility index (Phi) is 14.1. The number of aromatic nitrogens is 1. The number of allylic oxidation sites excluding steroid dienone is 5. The SMILES string of the molecule is CCCCN/C=C/C(=C\C=C\N1C=CC=CC1)OC.CCNC(C)(O)c1ccc(OC)cn1.[HH]. The van der Waals surface area contributed by atoms with E-state index >= 15 is 0 Å². The number of methoxy groups -OCH3 is 2. The molecule has 1 aliphatic heterocycles. The van der Waals surface area contributed by atoms with E-state index in [-0.39, 0.29) is 1.43 Å². The molecule has 1 atom stereocenters. The van der Waals surface area contributed by atoms with Crippen molar-refractivity contribution in [3.05, 3.63) is 84.8 Å². The van der Waals surface area contributed by atoms with Gasteiger partial charge in [0.2, 0.25) is 0 Å².